The van der Waals surface area contributed by atoms with Gasteiger partial charge in [0.15, 0.2) is 0 Å². The third kappa shape index (κ3) is 6.73. The molecule has 1 aliphatic heterocycles. The van der Waals surface area contributed by atoms with Crippen molar-refractivity contribution in [2.24, 2.45) is 5.92 Å². The predicted molar refractivity (Wildman–Crippen MR) is 136 cm³/mol. The summed E-state index contributed by atoms with van der Waals surface area (Å²) >= 11 is 5.97. The Hall–Kier alpha value is -3.58. The molecule has 0 unspecified atom stereocenters. The van der Waals surface area contributed by atoms with Crippen LogP contribution < -0.4 is 14.8 Å². The molecular formula is C27H30ClN3O4. The lowest BCUT2D eigenvalue weighted by Crippen LogP contribution is -2.41. The van der Waals surface area contributed by atoms with E-state index in [2.05, 4.69) is 10.3 Å². The number of carbonyl (C=O) groups is 2. The second-order valence-electron chi connectivity index (χ2n) is 8.51. The highest BCUT2D eigenvalue weighted by Crippen LogP contribution is 2.29. The summed E-state index contributed by atoms with van der Waals surface area (Å²) in [6.07, 6.45) is 3.77. The second-order valence-corrected chi connectivity index (χ2v) is 8.95. The van der Waals surface area contributed by atoms with Gasteiger partial charge in [0.05, 0.1) is 13.2 Å². The summed E-state index contributed by atoms with van der Waals surface area (Å²) in [5.41, 5.74) is 1.44. The van der Waals surface area contributed by atoms with E-state index in [1.54, 1.807) is 60.7 Å². The molecule has 1 N–H and O–H groups in total. The first-order valence-corrected chi connectivity index (χ1v) is 12.0. The number of amides is 2. The molecule has 1 saturated heterocycles. The van der Waals surface area contributed by atoms with Gasteiger partial charge in [-0.3, -0.25) is 4.79 Å². The Morgan fingerprint density at radius 3 is 2.43 bits per heavy atom. The van der Waals surface area contributed by atoms with Crippen molar-refractivity contribution in [2.75, 3.05) is 20.2 Å². The van der Waals surface area contributed by atoms with Gasteiger partial charge in [-0.2, -0.15) is 0 Å². The molecule has 2 heterocycles. The third-order valence-electron chi connectivity index (χ3n) is 6.17. The smallest absolute Gasteiger partial charge is 0.415 e. The highest BCUT2D eigenvalue weighted by Gasteiger charge is 2.27. The maximum Gasteiger partial charge on any atom is 0.415 e. The summed E-state index contributed by atoms with van der Waals surface area (Å²) in [6.45, 7) is 1.21. The molecule has 0 spiro atoms. The van der Waals surface area contributed by atoms with Crippen molar-refractivity contribution in [3.8, 4) is 11.6 Å². The summed E-state index contributed by atoms with van der Waals surface area (Å²) in [7, 11) is 1.57. The zero-order valence-corrected chi connectivity index (χ0v) is 20.3. The minimum absolute atomic E-state index is 0. The van der Waals surface area contributed by atoms with Gasteiger partial charge in [0.2, 0.25) is 5.88 Å². The largest absolute Gasteiger partial charge is 0.481 e. The standard InChI is InChI=1S/C27H28ClN3O4.H2/c1-34-25-12-9-21(18-29-25)24(30-26(32)20-7-10-22(28)11-8-20)17-19-13-15-31(16-14-19)27(33)35-23-5-3-2-4-6-23;/h2-12,18-19,24H,13-17H2,1H3,(H,30,32);1H/t24-;/m0./s1. The van der Waals surface area contributed by atoms with E-state index in [0.717, 1.165) is 24.8 Å². The number of aromatic nitrogens is 1. The molecule has 0 saturated carbocycles. The average molecular weight is 496 g/mol. The number of nitrogens with zero attached hydrogens (tertiary/aromatic N) is 2. The molecule has 1 aromatic heterocycles. The van der Waals surface area contributed by atoms with E-state index in [9.17, 15) is 9.59 Å². The number of para-hydroxylation sites is 1. The fourth-order valence-electron chi connectivity index (χ4n) is 4.18. The van der Waals surface area contributed by atoms with Gasteiger partial charge in [-0.15, -0.1) is 0 Å². The number of benzene rings is 2. The number of likely N-dealkylation sites (tertiary alicyclic amines) is 1. The summed E-state index contributed by atoms with van der Waals surface area (Å²) in [5.74, 6) is 1.21. The Labute approximate surface area is 211 Å². The molecule has 0 bridgehead atoms. The molecule has 184 valence electrons. The summed E-state index contributed by atoms with van der Waals surface area (Å²) in [6, 6.07) is 19.4. The maximum absolute atomic E-state index is 13.0. The lowest BCUT2D eigenvalue weighted by atomic mass is 9.88. The number of nitrogens with one attached hydrogen (secondary N) is 1. The normalized spacial score (nSPS) is 14.7. The van der Waals surface area contributed by atoms with Crippen LogP contribution in [-0.4, -0.2) is 42.1 Å². The Morgan fingerprint density at radius 1 is 1.09 bits per heavy atom. The van der Waals surface area contributed by atoms with Crippen molar-refractivity contribution < 1.29 is 20.5 Å². The first-order chi connectivity index (χ1) is 17.0. The van der Waals surface area contributed by atoms with E-state index in [-0.39, 0.29) is 19.5 Å². The average Bonchev–Trinajstić information content (AvgIpc) is 2.89. The van der Waals surface area contributed by atoms with Crippen molar-refractivity contribution in [2.45, 2.75) is 25.3 Å². The number of carbonyl (C=O) groups excluding carboxylic acids is 2. The SMILES string of the molecule is COc1ccc([C@H](CC2CCN(C(=O)Oc3ccccc3)CC2)NC(=O)c2ccc(Cl)cc2)cn1.[HH]. The van der Waals surface area contributed by atoms with Crippen LogP contribution in [-0.2, 0) is 0 Å². The van der Waals surface area contributed by atoms with Gasteiger partial charge < -0.3 is 19.7 Å². The molecule has 2 aromatic carbocycles. The van der Waals surface area contributed by atoms with Gasteiger partial charge >= 0.3 is 6.09 Å². The van der Waals surface area contributed by atoms with Gasteiger partial charge in [0.1, 0.15) is 5.75 Å². The molecule has 0 radical (unpaired) electrons. The van der Waals surface area contributed by atoms with Crippen molar-refractivity contribution in [1.29, 1.82) is 0 Å². The molecular weight excluding hydrogens is 466 g/mol. The molecule has 2 amide bonds. The van der Waals surface area contributed by atoms with E-state index in [4.69, 9.17) is 21.1 Å². The number of methoxy groups -OCH3 is 1. The van der Waals surface area contributed by atoms with Crippen LogP contribution in [0.5, 0.6) is 11.6 Å². The Kier molecular flexibility index (Phi) is 8.21. The number of piperidine rings is 1. The first kappa shape index (κ1) is 24.5. The van der Waals surface area contributed by atoms with Crippen LogP contribution in [0.4, 0.5) is 4.79 Å². The molecule has 1 aliphatic rings. The number of halogens is 1. The van der Waals surface area contributed by atoms with Crippen LogP contribution in [0.1, 0.15) is 42.7 Å². The Bertz CT molecular complexity index is 1120. The number of pyridine rings is 1. The monoisotopic (exact) mass is 495 g/mol. The van der Waals surface area contributed by atoms with Gasteiger partial charge in [0.25, 0.3) is 5.91 Å². The molecule has 0 aliphatic carbocycles. The Balaban J connectivity index is 0.00000361. The topological polar surface area (TPSA) is 80.8 Å². The number of hydrogen-bond donors (Lipinski definition) is 1. The van der Waals surface area contributed by atoms with E-state index in [1.165, 1.54) is 0 Å². The Morgan fingerprint density at radius 2 is 1.80 bits per heavy atom. The van der Waals surface area contributed by atoms with Crippen LogP contribution in [0.15, 0.2) is 72.9 Å². The van der Waals surface area contributed by atoms with Gasteiger partial charge in [0, 0.05) is 37.4 Å². The van der Waals surface area contributed by atoms with Crippen LogP contribution in [0, 0.1) is 5.92 Å². The van der Waals surface area contributed by atoms with Crippen molar-refractivity contribution in [3.63, 3.8) is 0 Å². The molecule has 7 nitrogen and oxygen atoms in total. The van der Waals surface area contributed by atoms with Gasteiger partial charge in [-0.1, -0.05) is 35.9 Å². The van der Waals surface area contributed by atoms with E-state index >= 15 is 0 Å². The highest BCUT2D eigenvalue weighted by atomic mass is 35.5. The minimum Gasteiger partial charge on any atom is -0.481 e. The summed E-state index contributed by atoms with van der Waals surface area (Å²) in [5, 5.41) is 3.73. The molecule has 8 heteroatoms. The first-order valence-electron chi connectivity index (χ1n) is 11.6. The molecule has 35 heavy (non-hydrogen) atoms. The van der Waals surface area contributed by atoms with E-state index in [1.807, 2.05) is 24.3 Å². The van der Waals surface area contributed by atoms with Crippen LogP contribution >= 0.6 is 11.6 Å². The van der Waals surface area contributed by atoms with E-state index in [0.29, 0.717) is 41.2 Å². The van der Waals surface area contributed by atoms with Gasteiger partial charge in [-0.05, 0) is 67.1 Å². The quantitative estimate of drug-likeness (QED) is 0.450. The predicted octanol–water partition coefficient (Wildman–Crippen LogP) is 5.76. The number of ether oxygens (including phenoxy) is 2. The fourth-order valence-corrected chi connectivity index (χ4v) is 4.30. The molecule has 1 atom stereocenters. The minimum atomic E-state index is -0.332. The maximum atomic E-state index is 13.0. The zero-order valence-electron chi connectivity index (χ0n) is 19.5. The lowest BCUT2D eigenvalue weighted by molar-refractivity contribution is 0.0923. The second kappa shape index (κ2) is 11.7. The molecule has 1 fully saturated rings. The number of hydrogen-bond acceptors (Lipinski definition) is 5. The van der Waals surface area contributed by atoms with Crippen LogP contribution in [0.25, 0.3) is 0 Å². The summed E-state index contributed by atoms with van der Waals surface area (Å²) in [4.78, 5) is 31.5. The van der Waals surface area contributed by atoms with Gasteiger partial charge in [-0.25, -0.2) is 9.78 Å². The summed E-state index contributed by atoms with van der Waals surface area (Å²) < 4.78 is 10.6. The number of rotatable bonds is 7. The third-order valence-corrected chi connectivity index (χ3v) is 6.42. The molecule has 4 rings (SSSR count). The highest BCUT2D eigenvalue weighted by molar-refractivity contribution is 6.30. The fraction of sp³-hybridized carbons (Fsp3) is 0.296. The lowest BCUT2D eigenvalue weighted by Gasteiger charge is -2.33. The molecule has 3 aromatic rings. The zero-order chi connectivity index (χ0) is 24.6. The van der Waals surface area contributed by atoms with E-state index < -0.39 is 0 Å². The van der Waals surface area contributed by atoms with Crippen molar-refractivity contribution in [1.82, 2.24) is 15.2 Å². The van der Waals surface area contributed by atoms with Crippen molar-refractivity contribution >= 4 is 23.6 Å². The van der Waals surface area contributed by atoms with Crippen molar-refractivity contribution in [3.05, 3.63) is 89.1 Å². The van der Waals surface area contributed by atoms with Crippen LogP contribution in [0.2, 0.25) is 5.02 Å². The van der Waals surface area contributed by atoms with Crippen LogP contribution in [0.3, 0.4) is 0 Å².